The van der Waals surface area contributed by atoms with Crippen LogP contribution in [0.1, 0.15) is 67.4 Å². The van der Waals surface area contributed by atoms with Crippen molar-refractivity contribution >= 4 is 24.1 Å². The summed E-state index contributed by atoms with van der Waals surface area (Å²) in [6.07, 6.45) is 0.427. The molecule has 1 aliphatic rings. The second-order valence-corrected chi connectivity index (χ2v) is 17.3. The van der Waals surface area contributed by atoms with Gasteiger partial charge in [0.2, 0.25) is 0 Å². The molecule has 0 saturated carbocycles. The Morgan fingerprint density at radius 1 is 1.03 bits per heavy atom. The molecule has 0 spiro atoms. The molecule has 0 amide bonds. The summed E-state index contributed by atoms with van der Waals surface area (Å²) in [6, 6.07) is 5.98. The molecule has 31 heavy (non-hydrogen) atoms. The average Bonchev–Trinajstić information content (AvgIpc) is 3.00. The molecule has 2 rings (SSSR count). The monoisotopic (exact) mass is 465 g/mol. The number of hydrogen-bond donors (Lipinski definition) is 0. The number of esters is 1. The lowest BCUT2D eigenvalue weighted by atomic mass is 10.2. The molecular formula is C24H39NO4SSi. The maximum atomic E-state index is 13.8. The summed E-state index contributed by atoms with van der Waals surface area (Å²) in [7, 11) is -6.02. The predicted molar refractivity (Wildman–Crippen MR) is 129 cm³/mol. The number of ether oxygens (including phenoxy) is 1. The second kappa shape index (κ2) is 9.49. The molecule has 0 radical (unpaired) electrons. The SMILES string of the molecule is CCOC(=O)[C@@H]1CC([Si](C(C)C)(C(C)C)C(C)C)=C(C)N1S(=O)(=O)c1ccc(C)cc1. The summed E-state index contributed by atoms with van der Waals surface area (Å²) >= 11 is 0. The van der Waals surface area contributed by atoms with Gasteiger partial charge in [0.1, 0.15) is 6.04 Å². The minimum Gasteiger partial charge on any atom is -0.464 e. The highest BCUT2D eigenvalue weighted by Gasteiger charge is 2.53. The summed E-state index contributed by atoms with van der Waals surface area (Å²) in [6.45, 7) is 19.3. The van der Waals surface area contributed by atoms with E-state index in [9.17, 15) is 13.2 Å². The van der Waals surface area contributed by atoms with Crippen LogP contribution in [0.4, 0.5) is 0 Å². The summed E-state index contributed by atoms with van der Waals surface area (Å²) in [5.41, 5.74) is 2.97. The van der Waals surface area contributed by atoms with Crippen molar-refractivity contribution < 1.29 is 17.9 Å². The lowest BCUT2D eigenvalue weighted by molar-refractivity contribution is -0.146. The van der Waals surface area contributed by atoms with Crippen LogP contribution in [0.5, 0.6) is 0 Å². The average molecular weight is 466 g/mol. The molecule has 7 heteroatoms. The molecular weight excluding hydrogens is 426 g/mol. The van der Waals surface area contributed by atoms with E-state index in [0.717, 1.165) is 11.3 Å². The Balaban J connectivity index is 2.76. The van der Waals surface area contributed by atoms with E-state index in [1.54, 1.807) is 31.2 Å². The van der Waals surface area contributed by atoms with Crippen LogP contribution < -0.4 is 0 Å². The molecule has 1 aromatic rings. The van der Waals surface area contributed by atoms with Gasteiger partial charge in [-0.15, -0.1) is 0 Å². The second-order valence-electron chi connectivity index (χ2n) is 9.55. The van der Waals surface area contributed by atoms with Gasteiger partial charge in [-0.3, -0.25) is 4.31 Å². The largest absolute Gasteiger partial charge is 0.464 e. The number of hydrogen-bond acceptors (Lipinski definition) is 4. The van der Waals surface area contributed by atoms with Gasteiger partial charge >= 0.3 is 5.97 Å². The minimum absolute atomic E-state index is 0.207. The number of carbonyl (C=O) groups is 1. The molecule has 0 aliphatic carbocycles. The maximum Gasteiger partial charge on any atom is 0.330 e. The topological polar surface area (TPSA) is 63.7 Å². The fourth-order valence-corrected chi connectivity index (χ4v) is 15.1. The van der Waals surface area contributed by atoms with Crippen molar-refractivity contribution in [2.24, 2.45) is 0 Å². The van der Waals surface area contributed by atoms with Crippen LogP contribution in [-0.2, 0) is 19.6 Å². The molecule has 1 aromatic carbocycles. The van der Waals surface area contributed by atoms with Crippen molar-refractivity contribution in [3.05, 3.63) is 40.7 Å². The highest BCUT2D eigenvalue weighted by molar-refractivity contribution is 7.89. The third-order valence-corrected chi connectivity index (χ3v) is 16.2. The number of sulfonamides is 1. The zero-order valence-corrected chi connectivity index (χ0v) is 22.3. The highest BCUT2D eigenvalue weighted by atomic mass is 32.2. The van der Waals surface area contributed by atoms with E-state index in [1.807, 2.05) is 13.8 Å². The Kier molecular flexibility index (Phi) is 7.85. The number of aryl methyl sites for hydroxylation is 1. The van der Waals surface area contributed by atoms with Crippen LogP contribution in [0.3, 0.4) is 0 Å². The smallest absolute Gasteiger partial charge is 0.330 e. The van der Waals surface area contributed by atoms with Gasteiger partial charge in [0, 0.05) is 5.70 Å². The molecule has 5 nitrogen and oxygen atoms in total. The van der Waals surface area contributed by atoms with Gasteiger partial charge in [-0.25, -0.2) is 13.2 Å². The van der Waals surface area contributed by atoms with Crippen molar-refractivity contribution in [2.75, 3.05) is 6.61 Å². The summed E-state index contributed by atoms with van der Waals surface area (Å²) < 4.78 is 34.2. The maximum absolute atomic E-state index is 13.8. The van der Waals surface area contributed by atoms with Gasteiger partial charge in [-0.05, 0) is 55.9 Å². The highest BCUT2D eigenvalue weighted by Crippen LogP contribution is 2.52. The fraction of sp³-hybridized carbons (Fsp3) is 0.625. The molecule has 1 heterocycles. The number of carbonyl (C=O) groups excluding carboxylic acids is 1. The number of benzene rings is 1. The van der Waals surface area contributed by atoms with Crippen LogP contribution in [-0.4, -0.2) is 39.4 Å². The fourth-order valence-electron chi connectivity index (χ4n) is 5.92. The van der Waals surface area contributed by atoms with Gasteiger partial charge in [0.25, 0.3) is 10.0 Å². The lowest BCUT2D eigenvalue weighted by Gasteiger charge is -2.45. The van der Waals surface area contributed by atoms with Gasteiger partial charge in [0.15, 0.2) is 0 Å². The zero-order valence-electron chi connectivity index (χ0n) is 20.5. The first kappa shape index (κ1) is 25.7. The number of rotatable bonds is 8. The Morgan fingerprint density at radius 3 is 1.94 bits per heavy atom. The molecule has 0 unspecified atom stereocenters. The van der Waals surface area contributed by atoms with Crippen molar-refractivity contribution in [3.63, 3.8) is 0 Å². The zero-order chi connectivity index (χ0) is 23.7. The minimum atomic E-state index is -3.89. The molecule has 0 bridgehead atoms. The Hall–Kier alpha value is -1.60. The van der Waals surface area contributed by atoms with Crippen molar-refractivity contribution in [1.82, 2.24) is 4.31 Å². The van der Waals surface area contributed by atoms with Crippen molar-refractivity contribution in [2.45, 2.75) is 96.3 Å². The van der Waals surface area contributed by atoms with Crippen LogP contribution in [0.15, 0.2) is 40.1 Å². The lowest BCUT2D eigenvalue weighted by Crippen LogP contribution is -2.47. The van der Waals surface area contributed by atoms with Crippen LogP contribution in [0, 0.1) is 6.92 Å². The third kappa shape index (κ3) is 4.36. The number of nitrogens with zero attached hydrogens (tertiary/aromatic N) is 1. The number of allylic oxidation sites excluding steroid dienone is 1. The van der Waals surface area contributed by atoms with Crippen molar-refractivity contribution in [1.29, 1.82) is 0 Å². The van der Waals surface area contributed by atoms with E-state index in [2.05, 4.69) is 41.5 Å². The molecule has 174 valence electrons. The first-order valence-electron chi connectivity index (χ1n) is 11.3. The van der Waals surface area contributed by atoms with Crippen molar-refractivity contribution in [3.8, 4) is 0 Å². The van der Waals surface area contributed by atoms with Gasteiger partial charge < -0.3 is 4.74 Å². The Bertz CT molecular complexity index is 911. The van der Waals surface area contributed by atoms with Gasteiger partial charge in [-0.2, -0.15) is 0 Å². The summed E-state index contributed by atoms with van der Waals surface area (Å²) in [5, 5.41) is 1.20. The quantitative estimate of drug-likeness (QED) is 0.359. The molecule has 1 aliphatic heterocycles. The van der Waals surface area contributed by atoms with E-state index in [1.165, 1.54) is 9.50 Å². The van der Waals surface area contributed by atoms with Crippen LogP contribution >= 0.6 is 0 Å². The van der Waals surface area contributed by atoms with Gasteiger partial charge in [-0.1, -0.05) is 64.4 Å². The first-order valence-corrected chi connectivity index (χ1v) is 15.0. The van der Waals surface area contributed by atoms with E-state index in [-0.39, 0.29) is 11.5 Å². The van der Waals surface area contributed by atoms with E-state index < -0.39 is 30.1 Å². The normalized spacial score (nSPS) is 17.9. The van der Waals surface area contributed by atoms with Gasteiger partial charge in [0.05, 0.1) is 19.6 Å². The first-order chi connectivity index (χ1) is 14.3. The molecule has 0 saturated heterocycles. The Labute approximate surface area is 189 Å². The third-order valence-electron chi connectivity index (χ3n) is 6.97. The standard InChI is InChI=1S/C24H39NO4SSi/c1-10-29-24(26)22-15-23(31(16(2)3,17(4)5)18(6)7)20(9)25(22)30(27,28)21-13-11-19(8)12-14-21/h11-14,16-18,22H,10,15H2,1-9H3/t22-/m0/s1. The van der Waals surface area contributed by atoms with Crippen LogP contribution in [0.2, 0.25) is 16.6 Å². The summed E-state index contributed by atoms with van der Waals surface area (Å²) in [4.78, 5) is 13.2. The molecule has 0 aromatic heterocycles. The van der Waals surface area contributed by atoms with E-state index in [4.69, 9.17) is 4.74 Å². The Morgan fingerprint density at radius 2 is 1.52 bits per heavy atom. The van der Waals surface area contributed by atoms with E-state index >= 15 is 0 Å². The van der Waals surface area contributed by atoms with Crippen LogP contribution in [0.25, 0.3) is 0 Å². The molecule has 1 atom stereocenters. The predicted octanol–water partition coefficient (Wildman–Crippen LogP) is 5.81. The summed E-state index contributed by atoms with van der Waals surface area (Å²) in [5.74, 6) is -0.466. The van der Waals surface area contributed by atoms with E-state index in [0.29, 0.717) is 23.0 Å². The molecule has 0 fully saturated rings. The molecule has 0 N–H and O–H groups in total.